The average Bonchev–Trinajstić information content (AvgIpc) is 2.39. The maximum Gasteiger partial charge on any atom is 0.337 e. The van der Waals surface area contributed by atoms with Gasteiger partial charge in [0.2, 0.25) is 0 Å². The van der Waals surface area contributed by atoms with Crippen LogP contribution in [0.3, 0.4) is 0 Å². The number of ether oxygens (including phenoxy) is 1. The van der Waals surface area contributed by atoms with Crippen molar-refractivity contribution >= 4 is 36.6 Å². The maximum atomic E-state index is 11.7. The molecule has 0 amide bonds. The van der Waals surface area contributed by atoms with E-state index in [1.54, 1.807) is 12.1 Å². The molecule has 0 aliphatic rings. The third-order valence-electron chi connectivity index (χ3n) is 2.21. The highest BCUT2D eigenvalue weighted by molar-refractivity contribution is 7.54. The van der Waals surface area contributed by atoms with E-state index in [0.29, 0.717) is 10.0 Å². The third kappa shape index (κ3) is 5.13. The molecule has 0 N–H and O–H groups in total. The lowest BCUT2D eigenvalue weighted by atomic mass is 10.3. The number of carbonyl (C=O) groups excluding carboxylic acids is 1. The van der Waals surface area contributed by atoms with E-state index in [1.807, 2.05) is 0 Å². The molecular weight excluding hydrogens is 314 g/mol. The van der Waals surface area contributed by atoms with E-state index in [4.69, 9.17) is 27.9 Å². The first-order valence-electron chi connectivity index (χ1n) is 5.20. The predicted molar refractivity (Wildman–Crippen MR) is 73.5 cm³/mol. The fourth-order valence-corrected chi connectivity index (χ4v) is 2.48. The molecule has 0 aliphatic heterocycles. The fraction of sp³-hybridized carbons (Fsp3) is 0.364. The Bertz CT molecular complexity index is 498. The molecule has 0 aromatic heterocycles. The topological polar surface area (TPSA) is 61.8 Å². The highest BCUT2D eigenvalue weighted by atomic mass is 35.5. The summed E-state index contributed by atoms with van der Waals surface area (Å²) >= 11 is 11.6. The molecule has 0 heterocycles. The van der Waals surface area contributed by atoms with Crippen molar-refractivity contribution in [2.24, 2.45) is 0 Å². The van der Waals surface area contributed by atoms with Gasteiger partial charge in [0.05, 0.1) is 5.02 Å². The van der Waals surface area contributed by atoms with Crippen LogP contribution in [0, 0.1) is 0 Å². The van der Waals surface area contributed by atoms with Gasteiger partial charge in [0.15, 0.2) is 5.78 Å². The van der Waals surface area contributed by atoms with Crippen LogP contribution in [0.4, 0.5) is 0 Å². The first kappa shape index (κ1) is 16.5. The number of benzene rings is 1. The van der Waals surface area contributed by atoms with Gasteiger partial charge in [0.25, 0.3) is 0 Å². The highest BCUT2D eigenvalue weighted by Crippen LogP contribution is 2.45. The van der Waals surface area contributed by atoms with Gasteiger partial charge < -0.3 is 13.8 Å². The quantitative estimate of drug-likeness (QED) is 0.718. The number of rotatable bonds is 7. The molecule has 5 nitrogen and oxygen atoms in total. The van der Waals surface area contributed by atoms with Gasteiger partial charge in [-0.15, -0.1) is 0 Å². The Morgan fingerprint density at radius 1 is 1.26 bits per heavy atom. The molecule has 106 valence electrons. The molecule has 0 atom stereocenters. The van der Waals surface area contributed by atoms with Crippen LogP contribution in [0.2, 0.25) is 10.0 Å². The van der Waals surface area contributed by atoms with Gasteiger partial charge in [-0.25, -0.2) is 0 Å². The summed E-state index contributed by atoms with van der Waals surface area (Å²) in [6.07, 6.45) is -0.363. The molecule has 0 fully saturated rings. The number of carbonyl (C=O) groups is 1. The summed E-state index contributed by atoms with van der Waals surface area (Å²) < 4.78 is 26.3. The summed E-state index contributed by atoms with van der Waals surface area (Å²) in [5, 5.41) is 0.769. The largest absolute Gasteiger partial charge is 0.484 e. The molecule has 0 bridgehead atoms. The Balaban J connectivity index is 2.60. The van der Waals surface area contributed by atoms with Crippen molar-refractivity contribution in [3.05, 3.63) is 28.2 Å². The molecular formula is C11H13Cl2O5P. The Labute approximate surface area is 121 Å². The summed E-state index contributed by atoms with van der Waals surface area (Å²) in [6, 6.07) is 4.64. The van der Waals surface area contributed by atoms with Crippen LogP contribution < -0.4 is 4.74 Å². The van der Waals surface area contributed by atoms with Crippen molar-refractivity contribution in [3.63, 3.8) is 0 Å². The van der Waals surface area contributed by atoms with Gasteiger partial charge in [-0.1, -0.05) is 23.2 Å². The molecule has 1 aromatic rings. The molecule has 0 aliphatic carbocycles. The number of halogens is 2. The minimum Gasteiger partial charge on any atom is -0.484 e. The van der Waals surface area contributed by atoms with Crippen molar-refractivity contribution < 1.29 is 23.1 Å². The van der Waals surface area contributed by atoms with E-state index in [0.717, 1.165) is 0 Å². The van der Waals surface area contributed by atoms with Gasteiger partial charge >= 0.3 is 7.60 Å². The zero-order valence-corrected chi connectivity index (χ0v) is 12.8. The van der Waals surface area contributed by atoms with Crippen LogP contribution in [-0.2, 0) is 18.4 Å². The molecule has 8 heteroatoms. The van der Waals surface area contributed by atoms with Crippen molar-refractivity contribution in [1.82, 2.24) is 0 Å². The summed E-state index contributed by atoms with van der Waals surface area (Å²) in [6.45, 7) is -0.295. The Morgan fingerprint density at radius 2 is 1.89 bits per heavy atom. The molecule has 0 radical (unpaired) electrons. The number of Topliss-reactive ketones (excluding diaryl/α,β-unsaturated/α-hetero) is 1. The summed E-state index contributed by atoms with van der Waals surface area (Å²) in [5.41, 5.74) is 0. The second-order valence-electron chi connectivity index (χ2n) is 3.54. The van der Waals surface area contributed by atoms with E-state index in [2.05, 4.69) is 9.05 Å². The maximum absolute atomic E-state index is 11.7. The Morgan fingerprint density at radius 3 is 2.47 bits per heavy atom. The average molecular weight is 327 g/mol. The van der Waals surface area contributed by atoms with E-state index in [-0.39, 0.29) is 18.5 Å². The highest BCUT2D eigenvalue weighted by Gasteiger charge is 2.25. The minimum atomic E-state index is -3.37. The number of hydrogen-bond acceptors (Lipinski definition) is 5. The lowest BCUT2D eigenvalue weighted by molar-refractivity contribution is -0.118. The van der Waals surface area contributed by atoms with Crippen LogP contribution in [0.1, 0.15) is 0 Å². The smallest absolute Gasteiger partial charge is 0.337 e. The molecule has 0 saturated carbocycles. The first-order chi connectivity index (χ1) is 8.90. The molecule has 1 rings (SSSR count). The van der Waals surface area contributed by atoms with Crippen molar-refractivity contribution in [3.8, 4) is 5.75 Å². The SMILES string of the molecule is COP(=O)(CC(=O)COc1cc(Cl)ccc1Cl)OC. The lowest BCUT2D eigenvalue weighted by Crippen LogP contribution is -2.16. The number of hydrogen-bond donors (Lipinski definition) is 0. The van der Waals surface area contributed by atoms with Gasteiger partial charge in [-0.3, -0.25) is 9.36 Å². The van der Waals surface area contributed by atoms with Crippen molar-refractivity contribution in [2.45, 2.75) is 0 Å². The van der Waals surface area contributed by atoms with Crippen LogP contribution in [0.5, 0.6) is 5.75 Å². The van der Waals surface area contributed by atoms with Gasteiger partial charge in [0, 0.05) is 25.3 Å². The molecule has 1 aromatic carbocycles. The van der Waals surface area contributed by atoms with Gasteiger partial charge in [0.1, 0.15) is 18.5 Å². The second-order valence-corrected chi connectivity index (χ2v) is 6.65. The molecule has 0 unspecified atom stereocenters. The van der Waals surface area contributed by atoms with E-state index in [1.165, 1.54) is 20.3 Å². The van der Waals surface area contributed by atoms with Crippen molar-refractivity contribution in [1.29, 1.82) is 0 Å². The standard InChI is InChI=1S/C11H13Cl2O5P/c1-16-19(15,17-2)7-9(14)6-18-11-5-8(12)3-4-10(11)13/h3-5H,6-7H2,1-2H3. The van der Waals surface area contributed by atoms with Gasteiger partial charge in [-0.05, 0) is 12.1 Å². The van der Waals surface area contributed by atoms with E-state index < -0.39 is 13.4 Å². The van der Waals surface area contributed by atoms with Gasteiger partial charge in [-0.2, -0.15) is 0 Å². The second kappa shape index (κ2) is 7.27. The summed E-state index contributed by atoms with van der Waals surface area (Å²) in [5.74, 6) is -0.143. The van der Waals surface area contributed by atoms with Crippen LogP contribution in [0.25, 0.3) is 0 Å². The summed E-state index contributed by atoms with van der Waals surface area (Å²) in [7, 11) is -0.939. The van der Waals surface area contributed by atoms with Crippen LogP contribution in [0.15, 0.2) is 18.2 Å². The minimum absolute atomic E-state index is 0.284. The first-order valence-corrected chi connectivity index (χ1v) is 7.68. The normalized spacial score (nSPS) is 11.4. The monoisotopic (exact) mass is 326 g/mol. The molecule has 0 spiro atoms. The predicted octanol–water partition coefficient (Wildman–Crippen LogP) is 3.43. The zero-order chi connectivity index (χ0) is 14.5. The fourth-order valence-electron chi connectivity index (χ4n) is 1.21. The van der Waals surface area contributed by atoms with Crippen LogP contribution in [-0.4, -0.2) is 32.8 Å². The summed E-state index contributed by atoms with van der Waals surface area (Å²) in [4.78, 5) is 11.6. The van der Waals surface area contributed by atoms with Crippen molar-refractivity contribution in [2.75, 3.05) is 27.0 Å². The Kier molecular flexibility index (Phi) is 6.30. The Hall–Kier alpha value is -0.580. The third-order valence-corrected chi connectivity index (χ3v) is 4.61. The van der Waals surface area contributed by atoms with E-state index in [9.17, 15) is 9.36 Å². The zero-order valence-electron chi connectivity index (χ0n) is 10.4. The molecule has 19 heavy (non-hydrogen) atoms. The molecule has 0 saturated heterocycles. The van der Waals surface area contributed by atoms with Crippen LogP contribution >= 0.6 is 30.8 Å². The number of ketones is 1. The lowest BCUT2D eigenvalue weighted by Gasteiger charge is -2.13. The van der Waals surface area contributed by atoms with E-state index >= 15 is 0 Å².